The normalized spacial score (nSPS) is 10.5. The molecule has 0 aromatic carbocycles. The zero-order valence-corrected chi connectivity index (χ0v) is 16.0. The molecule has 150 valence electrons. The molecule has 0 aliphatic carbocycles. The van der Waals surface area contributed by atoms with E-state index in [0.29, 0.717) is 18.9 Å². The summed E-state index contributed by atoms with van der Waals surface area (Å²) in [5.74, 6) is 0.449. The van der Waals surface area contributed by atoms with Crippen LogP contribution in [-0.2, 0) is 4.79 Å². The molecule has 0 fully saturated rings. The number of anilines is 1. The lowest BCUT2D eigenvalue weighted by molar-refractivity contribution is -0.123. The van der Waals surface area contributed by atoms with Gasteiger partial charge in [0.05, 0.1) is 11.2 Å². The number of aromatic nitrogens is 5. The highest BCUT2D eigenvalue weighted by Crippen LogP contribution is 2.26. The molecule has 0 aliphatic heterocycles. The fourth-order valence-electron chi connectivity index (χ4n) is 2.80. The third-order valence-corrected chi connectivity index (χ3v) is 4.19. The van der Waals surface area contributed by atoms with Gasteiger partial charge in [-0.25, -0.2) is 15.0 Å². The van der Waals surface area contributed by atoms with E-state index in [9.17, 15) is 4.79 Å². The molecule has 9 heteroatoms. The molecule has 0 aliphatic rings. The zero-order valence-electron chi connectivity index (χ0n) is 16.0. The van der Waals surface area contributed by atoms with Crippen molar-refractivity contribution in [3.8, 4) is 17.3 Å². The fourth-order valence-corrected chi connectivity index (χ4v) is 2.80. The largest absolute Gasteiger partial charge is 0.453 e. The quantitative estimate of drug-likeness (QED) is 0.431. The molecule has 0 saturated carbocycles. The Hall–Kier alpha value is -4.14. The van der Waals surface area contributed by atoms with E-state index in [1.807, 2.05) is 30.3 Å². The minimum atomic E-state index is -0.255. The van der Waals surface area contributed by atoms with E-state index in [4.69, 9.17) is 9.72 Å². The predicted octanol–water partition coefficient (Wildman–Crippen LogP) is 2.09. The summed E-state index contributed by atoms with van der Waals surface area (Å²) in [5, 5.41) is 6.97. The maximum Gasteiger partial charge on any atom is 0.316 e. The first-order chi connectivity index (χ1) is 14.8. The van der Waals surface area contributed by atoms with Crippen molar-refractivity contribution in [2.45, 2.75) is 0 Å². The number of hydrogen-bond donors (Lipinski definition) is 2. The van der Waals surface area contributed by atoms with Crippen LogP contribution in [0.5, 0.6) is 6.01 Å². The van der Waals surface area contributed by atoms with E-state index in [1.54, 1.807) is 37.1 Å². The molecule has 2 N–H and O–H groups in total. The van der Waals surface area contributed by atoms with Crippen molar-refractivity contribution < 1.29 is 9.53 Å². The fraction of sp³-hybridized carbons (Fsp3) is 0.143. The van der Waals surface area contributed by atoms with E-state index in [-0.39, 0.29) is 18.5 Å². The molecule has 4 aromatic rings. The summed E-state index contributed by atoms with van der Waals surface area (Å²) in [6.45, 7) is 0.748. The smallest absolute Gasteiger partial charge is 0.316 e. The molecule has 4 rings (SSSR count). The number of hydrogen-bond acceptors (Lipinski definition) is 8. The molecule has 0 atom stereocenters. The lowest BCUT2D eigenvalue weighted by Gasteiger charge is -2.12. The SMILES string of the molecule is O=C(COc1ncccn1)NCCNc1nc(-c2ccncc2)cc2ncccc12. The number of rotatable bonds is 8. The number of carbonyl (C=O) groups excluding carboxylic acids is 1. The minimum absolute atomic E-state index is 0.146. The van der Waals surface area contributed by atoms with E-state index in [2.05, 4.69) is 30.6 Å². The van der Waals surface area contributed by atoms with Crippen LogP contribution in [0.1, 0.15) is 0 Å². The van der Waals surface area contributed by atoms with Crippen molar-refractivity contribution in [3.05, 3.63) is 67.4 Å². The lowest BCUT2D eigenvalue weighted by atomic mass is 10.1. The van der Waals surface area contributed by atoms with Gasteiger partial charge in [0.2, 0.25) is 0 Å². The number of carbonyl (C=O) groups is 1. The molecule has 1 amide bonds. The van der Waals surface area contributed by atoms with Crippen LogP contribution in [0.3, 0.4) is 0 Å². The Morgan fingerprint density at radius 1 is 0.933 bits per heavy atom. The summed E-state index contributed by atoms with van der Waals surface area (Å²) in [4.78, 5) is 33.0. The summed E-state index contributed by atoms with van der Waals surface area (Å²) in [6.07, 6.45) is 8.31. The Kier molecular flexibility index (Phi) is 5.99. The highest BCUT2D eigenvalue weighted by atomic mass is 16.5. The molecular formula is C21H19N7O2. The Balaban J connectivity index is 1.37. The van der Waals surface area contributed by atoms with Crippen LogP contribution in [-0.4, -0.2) is 50.5 Å². The maximum atomic E-state index is 11.9. The van der Waals surface area contributed by atoms with Gasteiger partial charge in [-0.3, -0.25) is 14.8 Å². The highest BCUT2D eigenvalue weighted by Gasteiger charge is 2.09. The Morgan fingerprint density at radius 2 is 1.73 bits per heavy atom. The van der Waals surface area contributed by atoms with Crippen molar-refractivity contribution in [1.82, 2.24) is 30.2 Å². The number of pyridine rings is 3. The van der Waals surface area contributed by atoms with Crippen LogP contribution in [0, 0.1) is 0 Å². The molecule has 0 unspecified atom stereocenters. The van der Waals surface area contributed by atoms with Crippen molar-refractivity contribution in [3.63, 3.8) is 0 Å². The summed E-state index contributed by atoms with van der Waals surface area (Å²) < 4.78 is 5.23. The molecule has 0 bridgehead atoms. The second kappa shape index (κ2) is 9.37. The summed E-state index contributed by atoms with van der Waals surface area (Å²) in [7, 11) is 0. The zero-order chi connectivity index (χ0) is 20.6. The Bertz CT molecular complexity index is 1120. The monoisotopic (exact) mass is 401 g/mol. The third-order valence-electron chi connectivity index (χ3n) is 4.19. The van der Waals surface area contributed by atoms with Gasteiger partial charge in [0.25, 0.3) is 5.91 Å². The average molecular weight is 401 g/mol. The van der Waals surface area contributed by atoms with Crippen LogP contribution in [0.2, 0.25) is 0 Å². The van der Waals surface area contributed by atoms with Gasteiger partial charge >= 0.3 is 6.01 Å². The number of amides is 1. The standard InChI is InChI=1S/C21H19N7O2/c29-19(14-30-21-26-7-2-8-27-21)24-11-12-25-20-16-3-1-6-23-18(16)13-17(28-20)15-4-9-22-10-5-15/h1-10,13H,11-12,14H2,(H,24,29)(H,25,28). The molecule has 9 nitrogen and oxygen atoms in total. The molecular weight excluding hydrogens is 382 g/mol. The van der Waals surface area contributed by atoms with E-state index in [0.717, 1.165) is 22.2 Å². The van der Waals surface area contributed by atoms with Crippen molar-refractivity contribution in [1.29, 1.82) is 0 Å². The van der Waals surface area contributed by atoms with Gasteiger partial charge < -0.3 is 15.4 Å². The molecule has 0 radical (unpaired) electrons. The van der Waals surface area contributed by atoms with Gasteiger partial charge in [-0.15, -0.1) is 0 Å². The number of ether oxygens (including phenoxy) is 1. The van der Waals surface area contributed by atoms with Crippen molar-refractivity contribution >= 4 is 22.6 Å². The summed E-state index contributed by atoms with van der Waals surface area (Å²) in [5.41, 5.74) is 2.59. The van der Waals surface area contributed by atoms with Crippen molar-refractivity contribution in [2.75, 3.05) is 25.0 Å². The highest BCUT2D eigenvalue weighted by molar-refractivity contribution is 5.91. The summed E-state index contributed by atoms with van der Waals surface area (Å²) >= 11 is 0. The Morgan fingerprint density at radius 3 is 2.57 bits per heavy atom. The molecule has 4 heterocycles. The first-order valence-corrected chi connectivity index (χ1v) is 9.36. The number of nitrogens with zero attached hydrogens (tertiary/aromatic N) is 5. The molecule has 4 aromatic heterocycles. The van der Waals surface area contributed by atoms with Gasteiger partial charge in [0.15, 0.2) is 6.61 Å². The first kappa shape index (κ1) is 19.2. The van der Waals surface area contributed by atoms with Crippen LogP contribution < -0.4 is 15.4 Å². The second-order valence-corrected chi connectivity index (χ2v) is 6.26. The van der Waals surface area contributed by atoms with Crippen LogP contribution >= 0.6 is 0 Å². The first-order valence-electron chi connectivity index (χ1n) is 9.36. The van der Waals surface area contributed by atoms with Gasteiger partial charge in [-0.2, -0.15) is 0 Å². The predicted molar refractivity (Wildman–Crippen MR) is 112 cm³/mol. The van der Waals surface area contributed by atoms with Gasteiger partial charge in [-0.1, -0.05) is 0 Å². The lowest BCUT2D eigenvalue weighted by Crippen LogP contribution is -2.33. The van der Waals surface area contributed by atoms with Gasteiger partial charge in [-0.05, 0) is 36.4 Å². The van der Waals surface area contributed by atoms with Gasteiger partial charge in [0, 0.05) is 55.0 Å². The Labute approximate surface area is 172 Å². The maximum absolute atomic E-state index is 11.9. The van der Waals surface area contributed by atoms with E-state index >= 15 is 0 Å². The van der Waals surface area contributed by atoms with Crippen molar-refractivity contribution in [2.24, 2.45) is 0 Å². The number of fused-ring (bicyclic) bond motifs is 1. The molecule has 30 heavy (non-hydrogen) atoms. The van der Waals surface area contributed by atoms with Crippen LogP contribution in [0.25, 0.3) is 22.2 Å². The third kappa shape index (κ3) is 4.82. The van der Waals surface area contributed by atoms with E-state index in [1.165, 1.54) is 0 Å². The minimum Gasteiger partial charge on any atom is -0.453 e. The second-order valence-electron chi connectivity index (χ2n) is 6.26. The molecule has 0 spiro atoms. The van der Waals surface area contributed by atoms with Crippen LogP contribution in [0.15, 0.2) is 67.4 Å². The molecule has 0 saturated heterocycles. The van der Waals surface area contributed by atoms with E-state index < -0.39 is 0 Å². The summed E-state index contributed by atoms with van der Waals surface area (Å²) in [6, 6.07) is 11.4. The van der Waals surface area contributed by atoms with Crippen LogP contribution in [0.4, 0.5) is 5.82 Å². The average Bonchev–Trinajstić information content (AvgIpc) is 2.81. The number of nitrogens with one attached hydrogen (secondary N) is 2. The topological polar surface area (TPSA) is 115 Å². The van der Waals surface area contributed by atoms with Gasteiger partial charge in [0.1, 0.15) is 5.82 Å².